The highest BCUT2D eigenvalue weighted by Crippen LogP contribution is 2.49. The smallest absolute Gasteiger partial charge is 0.312 e. The highest BCUT2D eigenvalue weighted by Gasteiger charge is 2.40. The van der Waals surface area contributed by atoms with E-state index in [1.807, 2.05) is 85.8 Å². The molecule has 1 aliphatic heterocycles. The molecule has 3 aromatic carbocycles. The monoisotopic (exact) mass is 488 g/mol. The Hall–Kier alpha value is -3.29. The van der Waals surface area contributed by atoms with Gasteiger partial charge in [-0.25, -0.2) is 0 Å². The summed E-state index contributed by atoms with van der Waals surface area (Å²) in [5.74, 6) is 0.546. The van der Waals surface area contributed by atoms with Gasteiger partial charge >= 0.3 is 4.87 Å². The van der Waals surface area contributed by atoms with Crippen LogP contribution in [0.4, 0.5) is 5.69 Å². The number of para-hydroxylation sites is 2. The zero-order valence-corrected chi connectivity index (χ0v) is 20.5. The first-order valence-corrected chi connectivity index (χ1v) is 12.8. The predicted molar refractivity (Wildman–Crippen MR) is 139 cm³/mol. The quantitative estimate of drug-likeness (QED) is 0.391. The highest BCUT2D eigenvalue weighted by atomic mass is 32.2. The van der Waals surface area contributed by atoms with Crippen molar-refractivity contribution in [3.8, 4) is 11.4 Å². The number of amides is 1. The van der Waals surface area contributed by atoms with Crippen molar-refractivity contribution in [1.29, 1.82) is 0 Å². The number of rotatable bonds is 5. The minimum atomic E-state index is -0.364. The fraction of sp³-hybridized carbons (Fsp3) is 0.185. The van der Waals surface area contributed by atoms with Gasteiger partial charge in [0.1, 0.15) is 5.75 Å². The Bertz CT molecular complexity index is 1380. The molecule has 172 valence electrons. The van der Waals surface area contributed by atoms with E-state index in [0.717, 1.165) is 32.4 Å². The molecule has 7 heteroatoms. The van der Waals surface area contributed by atoms with Crippen LogP contribution in [0.2, 0.25) is 0 Å². The average molecular weight is 489 g/mol. The van der Waals surface area contributed by atoms with E-state index in [9.17, 15) is 9.59 Å². The van der Waals surface area contributed by atoms with Gasteiger partial charge in [-0.1, -0.05) is 65.4 Å². The zero-order chi connectivity index (χ0) is 23.7. The van der Waals surface area contributed by atoms with Gasteiger partial charge in [-0.15, -0.1) is 11.8 Å². The summed E-state index contributed by atoms with van der Waals surface area (Å²) in [5, 5.41) is 3.99. The molecule has 0 saturated carbocycles. The summed E-state index contributed by atoms with van der Waals surface area (Å²) in [5.41, 5.74) is 3.64. The molecule has 0 fully saturated rings. The van der Waals surface area contributed by atoms with Crippen LogP contribution in [0, 0.1) is 12.8 Å². The van der Waals surface area contributed by atoms with E-state index in [1.165, 1.54) is 11.3 Å². The van der Waals surface area contributed by atoms with Crippen molar-refractivity contribution in [2.75, 3.05) is 18.2 Å². The first-order chi connectivity index (χ1) is 16.6. The van der Waals surface area contributed by atoms with Gasteiger partial charge in [0.2, 0.25) is 5.91 Å². The van der Waals surface area contributed by atoms with Crippen molar-refractivity contribution >= 4 is 34.7 Å². The normalized spacial score (nSPS) is 17.1. The van der Waals surface area contributed by atoms with Crippen LogP contribution in [0.25, 0.3) is 5.69 Å². The molecule has 2 heterocycles. The minimum absolute atomic E-state index is 0.0526. The number of hydrogen-bond acceptors (Lipinski definition) is 5. The van der Waals surface area contributed by atoms with Gasteiger partial charge < -0.3 is 10.1 Å². The summed E-state index contributed by atoms with van der Waals surface area (Å²) < 4.78 is 7.44. The van der Waals surface area contributed by atoms with Gasteiger partial charge in [0.05, 0.1) is 23.7 Å². The second kappa shape index (κ2) is 9.52. The lowest BCUT2D eigenvalue weighted by Crippen LogP contribution is -2.33. The van der Waals surface area contributed by atoms with Crippen molar-refractivity contribution in [2.24, 2.45) is 5.92 Å². The number of anilines is 1. The zero-order valence-electron chi connectivity index (χ0n) is 18.9. The third-order valence-electron chi connectivity index (χ3n) is 6.02. The fourth-order valence-electron chi connectivity index (χ4n) is 4.34. The number of fused-ring (bicyclic) bond motifs is 1. The van der Waals surface area contributed by atoms with Crippen LogP contribution >= 0.6 is 23.1 Å². The molecular weight excluding hydrogens is 464 g/mol. The number of carbonyl (C=O) groups excluding carboxylic acids is 1. The Kier molecular flexibility index (Phi) is 6.30. The average Bonchev–Trinajstić information content (AvgIpc) is 3.21. The SMILES string of the molecule is COc1ccccc1[C@@H]1c2sc(=O)n(-c3ccccc3)c2SC[C@@H]1C(=O)Nc1ccc(C)cc1. The van der Waals surface area contributed by atoms with Crippen molar-refractivity contribution in [2.45, 2.75) is 17.9 Å². The maximum atomic E-state index is 13.6. The molecule has 0 aliphatic carbocycles. The lowest BCUT2D eigenvalue weighted by molar-refractivity contribution is -0.119. The standard InChI is InChI=1S/C27H24N2O3S2/c1-17-12-14-18(15-13-17)28-25(30)21-16-33-26-24(23(21)20-10-6-7-11-22(20)32-2)34-27(31)29(26)19-8-4-3-5-9-19/h3-15,21,23H,16H2,1-2H3,(H,28,30)/t21-,23-/m0/s1. The second-order valence-electron chi connectivity index (χ2n) is 8.20. The summed E-state index contributed by atoms with van der Waals surface area (Å²) in [7, 11) is 1.64. The van der Waals surface area contributed by atoms with E-state index in [4.69, 9.17) is 4.74 Å². The van der Waals surface area contributed by atoms with Crippen LogP contribution in [0.5, 0.6) is 5.75 Å². The summed E-state index contributed by atoms with van der Waals surface area (Å²) in [4.78, 5) is 27.6. The Morgan fingerprint density at radius 2 is 1.71 bits per heavy atom. The minimum Gasteiger partial charge on any atom is -0.496 e. The lowest BCUT2D eigenvalue weighted by atomic mass is 9.84. The lowest BCUT2D eigenvalue weighted by Gasteiger charge is -2.31. The van der Waals surface area contributed by atoms with E-state index < -0.39 is 0 Å². The molecule has 5 nitrogen and oxygen atoms in total. The molecule has 0 bridgehead atoms. The molecule has 0 saturated heterocycles. The largest absolute Gasteiger partial charge is 0.496 e. The first kappa shape index (κ1) is 22.5. The number of thioether (sulfide) groups is 1. The van der Waals surface area contributed by atoms with Crippen molar-refractivity contribution in [1.82, 2.24) is 4.57 Å². The topological polar surface area (TPSA) is 60.3 Å². The molecule has 1 N–H and O–H groups in total. The van der Waals surface area contributed by atoms with E-state index in [2.05, 4.69) is 5.32 Å². The predicted octanol–water partition coefficient (Wildman–Crippen LogP) is 5.71. The highest BCUT2D eigenvalue weighted by molar-refractivity contribution is 7.99. The summed E-state index contributed by atoms with van der Waals surface area (Å²) in [6.45, 7) is 2.02. The van der Waals surface area contributed by atoms with Gasteiger partial charge in [0, 0.05) is 27.8 Å². The Labute approximate surface area is 206 Å². The van der Waals surface area contributed by atoms with Crippen molar-refractivity contribution < 1.29 is 9.53 Å². The number of aromatic nitrogens is 1. The third-order valence-corrected chi connectivity index (χ3v) is 8.38. The summed E-state index contributed by atoms with van der Waals surface area (Å²) in [6, 6.07) is 25.2. The van der Waals surface area contributed by atoms with Crippen LogP contribution in [-0.2, 0) is 4.79 Å². The Morgan fingerprint density at radius 3 is 2.44 bits per heavy atom. The number of methoxy groups -OCH3 is 1. The van der Waals surface area contributed by atoms with E-state index in [1.54, 1.807) is 23.4 Å². The van der Waals surface area contributed by atoms with E-state index in [-0.39, 0.29) is 22.6 Å². The van der Waals surface area contributed by atoms with Crippen molar-refractivity contribution in [3.05, 3.63) is 105 Å². The molecular formula is C27H24N2O3S2. The summed E-state index contributed by atoms with van der Waals surface area (Å²) in [6.07, 6.45) is 0. The van der Waals surface area contributed by atoms with Crippen LogP contribution in [0.15, 0.2) is 88.7 Å². The van der Waals surface area contributed by atoms with E-state index >= 15 is 0 Å². The molecule has 34 heavy (non-hydrogen) atoms. The van der Waals surface area contributed by atoms with Crippen LogP contribution in [0.1, 0.15) is 21.9 Å². The number of carbonyl (C=O) groups is 1. The van der Waals surface area contributed by atoms with E-state index in [0.29, 0.717) is 11.5 Å². The van der Waals surface area contributed by atoms with Gasteiger partial charge in [-0.3, -0.25) is 14.2 Å². The van der Waals surface area contributed by atoms with Crippen LogP contribution in [0.3, 0.4) is 0 Å². The molecule has 0 unspecified atom stereocenters. The fourth-order valence-corrected chi connectivity index (χ4v) is 7.04. The number of thiazole rings is 1. The maximum Gasteiger partial charge on any atom is 0.312 e. The van der Waals surface area contributed by atoms with Crippen molar-refractivity contribution in [3.63, 3.8) is 0 Å². The number of nitrogens with zero attached hydrogens (tertiary/aromatic N) is 1. The number of hydrogen-bond donors (Lipinski definition) is 1. The Balaban J connectivity index is 1.61. The molecule has 1 aromatic heterocycles. The Morgan fingerprint density at radius 1 is 1.00 bits per heavy atom. The van der Waals surface area contributed by atoms with Crippen LogP contribution < -0.4 is 14.9 Å². The molecule has 0 spiro atoms. The number of aryl methyl sites for hydroxylation is 1. The number of benzene rings is 3. The van der Waals surface area contributed by atoms with Gasteiger partial charge in [0.15, 0.2) is 0 Å². The molecule has 0 radical (unpaired) electrons. The maximum absolute atomic E-state index is 13.6. The molecule has 4 aromatic rings. The number of ether oxygens (including phenoxy) is 1. The second-order valence-corrected chi connectivity index (χ2v) is 10.2. The molecule has 1 amide bonds. The molecule has 1 aliphatic rings. The number of nitrogens with one attached hydrogen (secondary N) is 1. The first-order valence-electron chi connectivity index (χ1n) is 11.0. The van der Waals surface area contributed by atoms with Gasteiger partial charge in [-0.2, -0.15) is 0 Å². The summed E-state index contributed by atoms with van der Waals surface area (Å²) >= 11 is 2.78. The van der Waals surface area contributed by atoms with Gasteiger partial charge in [-0.05, 0) is 37.3 Å². The molecule has 5 rings (SSSR count). The third kappa shape index (κ3) is 4.17. The van der Waals surface area contributed by atoms with Crippen LogP contribution in [-0.4, -0.2) is 23.3 Å². The molecule has 2 atom stereocenters. The van der Waals surface area contributed by atoms with Gasteiger partial charge in [0.25, 0.3) is 0 Å².